The first-order valence-electron chi connectivity index (χ1n) is 7.72. The fourth-order valence-electron chi connectivity index (χ4n) is 3.07. The maximum absolute atomic E-state index is 12.0. The molecule has 2 aliphatic heterocycles. The van der Waals surface area contributed by atoms with E-state index in [1.165, 1.54) is 0 Å². The number of carbonyl (C=O) groups is 2. The van der Waals surface area contributed by atoms with E-state index in [4.69, 9.17) is 14.0 Å². The molecule has 0 radical (unpaired) electrons. The fourth-order valence-corrected chi connectivity index (χ4v) is 3.07. The highest BCUT2D eigenvalue weighted by molar-refractivity contribution is 6.67. The number of likely N-dealkylation sites (N-methyl/N-ethyl adjacent to an activating group) is 1. The van der Waals surface area contributed by atoms with Gasteiger partial charge in [-0.05, 0) is 24.7 Å². The van der Waals surface area contributed by atoms with Crippen LogP contribution in [0.4, 0.5) is 0 Å². The Bertz CT molecular complexity index is 810. The minimum absolute atomic E-state index is 0.0312. The van der Waals surface area contributed by atoms with Gasteiger partial charge in [-0.1, -0.05) is 6.07 Å². The molecule has 2 aromatic rings. The van der Waals surface area contributed by atoms with E-state index in [2.05, 4.69) is 4.98 Å². The number of carbonyl (C=O) groups excluding carboxylic acids is 2. The van der Waals surface area contributed by atoms with Crippen LogP contribution >= 0.6 is 0 Å². The van der Waals surface area contributed by atoms with Crippen LogP contribution in [0.5, 0.6) is 5.75 Å². The first kappa shape index (κ1) is 15.0. The summed E-state index contributed by atoms with van der Waals surface area (Å²) in [5.41, 5.74) is 2.29. The van der Waals surface area contributed by atoms with Crippen LogP contribution in [-0.4, -0.2) is 55.7 Å². The van der Waals surface area contributed by atoms with Crippen molar-refractivity contribution in [2.75, 3.05) is 26.7 Å². The number of nitrogens with zero attached hydrogens (tertiary/aromatic N) is 2. The molecule has 3 heterocycles. The molecule has 1 aromatic heterocycles. The Morgan fingerprint density at radius 3 is 2.62 bits per heavy atom. The summed E-state index contributed by atoms with van der Waals surface area (Å²) in [6, 6.07) is 5.48. The zero-order chi connectivity index (χ0) is 16.7. The van der Waals surface area contributed by atoms with Crippen molar-refractivity contribution in [3.8, 4) is 5.75 Å². The molecule has 122 valence electrons. The monoisotopic (exact) mass is 326 g/mol. The number of benzene rings is 1. The van der Waals surface area contributed by atoms with E-state index in [0.717, 1.165) is 23.1 Å². The van der Waals surface area contributed by atoms with Crippen LogP contribution in [-0.2, 0) is 25.3 Å². The molecular weight excluding hydrogens is 311 g/mol. The van der Waals surface area contributed by atoms with Crippen LogP contribution in [0.1, 0.15) is 5.56 Å². The van der Waals surface area contributed by atoms with Crippen LogP contribution in [0.3, 0.4) is 0 Å². The summed E-state index contributed by atoms with van der Waals surface area (Å²) in [6.45, 7) is 0.679. The molecule has 1 saturated heterocycles. The summed E-state index contributed by atoms with van der Waals surface area (Å²) in [6.07, 6.45) is 2.49. The summed E-state index contributed by atoms with van der Waals surface area (Å²) in [4.78, 5) is 29.9. The fraction of sp³-hybridized carbons (Fsp3) is 0.312. The first-order valence-corrected chi connectivity index (χ1v) is 7.72. The van der Waals surface area contributed by atoms with Gasteiger partial charge in [0.25, 0.3) is 0 Å². The number of hydrogen-bond donors (Lipinski definition) is 0. The van der Waals surface area contributed by atoms with Crippen molar-refractivity contribution >= 4 is 35.4 Å². The van der Waals surface area contributed by atoms with Crippen molar-refractivity contribution in [2.24, 2.45) is 0 Å². The number of rotatable bonds is 1. The van der Waals surface area contributed by atoms with Crippen molar-refractivity contribution in [1.29, 1.82) is 0 Å². The lowest BCUT2D eigenvalue weighted by molar-refractivity contribution is -0.145. The van der Waals surface area contributed by atoms with Gasteiger partial charge in [0.15, 0.2) is 0 Å². The average molecular weight is 326 g/mol. The van der Waals surface area contributed by atoms with E-state index in [1.54, 1.807) is 30.3 Å². The van der Waals surface area contributed by atoms with Crippen molar-refractivity contribution < 1.29 is 23.6 Å². The Morgan fingerprint density at radius 2 is 1.88 bits per heavy atom. The molecule has 1 aromatic carbocycles. The molecule has 0 N–H and O–H groups in total. The molecule has 0 saturated carbocycles. The molecule has 0 bridgehead atoms. The van der Waals surface area contributed by atoms with E-state index in [0.29, 0.717) is 17.6 Å². The van der Waals surface area contributed by atoms with Crippen LogP contribution in [0.25, 0.3) is 10.9 Å². The third kappa shape index (κ3) is 2.58. The second-order valence-electron chi connectivity index (χ2n) is 5.93. The first-order chi connectivity index (χ1) is 11.6. The Labute approximate surface area is 138 Å². The molecule has 0 spiro atoms. The van der Waals surface area contributed by atoms with Gasteiger partial charge in [0.1, 0.15) is 5.75 Å². The highest BCUT2D eigenvalue weighted by Crippen LogP contribution is 2.30. The second-order valence-corrected chi connectivity index (χ2v) is 5.93. The van der Waals surface area contributed by atoms with Gasteiger partial charge in [0, 0.05) is 23.5 Å². The lowest BCUT2D eigenvalue weighted by Gasteiger charge is -2.24. The smallest absolute Gasteiger partial charge is 0.494 e. The maximum atomic E-state index is 12.0. The largest absolute Gasteiger partial charge is 0.638 e. The standard InChI is InChI=1S/C16H15BN2O5/c1-19-8-13(20)23-17(24-14(21)9-19)11-2-3-12-15-10(5-7-22-12)4-6-18-16(11)15/h2-4,6H,5,7-9H2,1H3. The number of hydrogen-bond acceptors (Lipinski definition) is 7. The third-order valence-corrected chi connectivity index (χ3v) is 4.13. The molecule has 0 amide bonds. The Morgan fingerprint density at radius 1 is 1.12 bits per heavy atom. The van der Waals surface area contributed by atoms with Crippen LogP contribution in [0.2, 0.25) is 0 Å². The molecule has 7 nitrogen and oxygen atoms in total. The number of pyridine rings is 1. The summed E-state index contributed by atoms with van der Waals surface area (Å²) >= 11 is 0. The quantitative estimate of drug-likeness (QED) is 0.677. The van der Waals surface area contributed by atoms with Crippen molar-refractivity contribution in [3.05, 3.63) is 30.0 Å². The molecule has 0 unspecified atom stereocenters. The summed E-state index contributed by atoms with van der Waals surface area (Å²) < 4.78 is 16.4. The van der Waals surface area contributed by atoms with Crippen LogP contribution in [0, 0.1) is 0 Å². The molecular formula is C16H15BN2O5. The zero-order valence-electron chi connectivity index (χ0n) is 13.2. The Hall–Kier alpha value is -2.61. The van der Waals surface area contributed by atoms with Gasteiger partial charge in [0.2, 0.25) is 0 Å². The van der Waals surface area contributed by atoms with Gasteiger partial charge in [-0.3, -0.25) is 19.5 Å². The predicted molar refractivity (Wildman–Crippen MR) is 86.0 cm³/mol. The van der Waals surface area contributed by atoms with E-state index < -0.39 is 19.1 Å². The molecule has 2 aliphatic rings. The minimum atomic E-state index is -1.10. The average Bonchev–Trinajstić information content (AvgIpc) is 2.53. The Balaban J connectivity index is 1.80. The lowest BCUT2D eigenvalue weighted by Crippen LogP contribution is -2.48. The topological polar surface area (TPSA) is 78.0 Å². The third-order valence-electron chi connectivity index (χ3n) is 4.13. The molecule has 0 aliphatic carbocycles. The highest BCUT2D eigenvalue weighted by Gasteiger charge is 2.36. The van der Waals surface area contributed by atoms with Crippen LogP contribution < -0.4 is 10.2 Å². The van der Waals surface area contributed by atoms with Crippen molar-refractivity contribution in [2.45, 2.75) is 6.42 Å². The van der Waals surface area contributed by atoms with Gasteiger partial charge in [-0.2, -0.15) is 0 Å². The molecule has 4 rings (SSSR count). The van der Waals surface area contributed by atoms with Crippen LogP contribution in [0.15, 0.2) is 24.4 Å². The number of ether oxygens (including phenoxy) is 1. The summed E-state index contributed by atoms with van der Waals surface area (Å²) in [5.74, 6) is -0.162. The van der Waals surface area contributed by atoms with E-state index in [9.17, 15) is 9.59 Å². The van der Waals surface area contributed by atoms with Gasteiger partial charge in [0.05, 0.1) is 25.2 Å². The van der Waals surface area contributed by atoms with Gasteiger partial charge in [-0.25, -0.2) is 0 Å². The Kier molecular flexibility index (Phi) is 3.61. The van der Waals surface area contributed by atoms with Gasteiger partial charge in [-0.15, -0.1) is 0 Å². The second kappa shape index (κ2) is 5.79. The molecule has 1 fully saturated rings. The van der Waals surface area contributed by atoms with Gasteiger partial charge < -0.3 is 14.0 Å². The van der Waals surface area contributed by atoms with Crippen molar-refractivity contribution in [1.82, 2.24) is 9.88 Å². The van der Waals surface area contributed by atoms with E-state index in [1.807, 2.05) is 6.07 Å². The molecule has 24 heavy (non-hydrogen) atoms. The lowest BCUT2D eigenvalue weighted by atomic mass is 9.76. The normalized spacial score (nSPS) is 18.5. The van der Waals surface area contributed by atoms with E-state index in [-0.39, 0.29) is 13.1 Å². The molecule has 8 heteroatoms. The SMILES string of the molecule is CN1CC(=O)OB(c2ccc3c4c(ccnc24)CCO3)OC(=O)C1. The number of aromatic nitrogens is 1. The maximum Gasteiger partial charge on any atom is 0.638 e. The van der Waals surface area contributed by atoms with E-state index >= 15 is 0 Å². The minimum Gasteiger partial charge on any atom is -0.494 e. The zero-order valence-corrected chi connectivity index (χ0v) is 13.2. The highest BCUT2D eigenvalue weighted by atomic mass is 16.6. The molecule has 0 atom stereocenters. The predicted octanol–water partition coefficient (Wildman–Crippen LogP) is -0.103. The summed E-state index contributed by atoms with van der Waals surface area (Å²) in [7, 11) is 0.557. The van der Waals surface area contributed by atoms with Gasteiger partial charge >= 0.3 is 19.1 Å². The van der Waals surface area contributed by atoms with Crippen molar-refractivity contribution in [3.63, 3.8) is 0 Å². The summed E-state index contributed by atoms with van der Waals surface area (Å²) in [5, 5.41) is 0.882.